The molecule has 0 aromatic heterocycles. The van der Waals surface area contributed by atoms with Crippen molar-refractivity contribution in [2.45, 2.75) is 37.8 Å². The van der Waals surface area contributed by atoms with Crippen LogP contribution in [0.4, 0.5) is 13.2 Å². The van der Waals surface area contributed by atoms with Gasteiger partial charge in [0.15, 0.2) is 0 Å². The SMILES string of the molecule is CC(=O)OCc1ccc(C2CC(c3cc(Cl)cc(Cl)c3)(C(F)(F)F)ON2Cl)cc1. The highest BCUT2D eigenvalue weighted by molar-refractivity contribution is 6.34. The van der Waals surface area contributed by atoms with E-state index < -0.39 is 30.2 Å². The van der Waals surface area contributed by atoms with Gasteiger partial charge in [0.1, 0.15) is 6.61 Å². The van der Waals surface area contributed by atoms with Crippen LogP contribution in [0, 0.1) is 0 Å². The van der Waals surface area contributed by atoms with E-state index in [-0.39, 0.29) is 22.2 Å². The number of carbonyl (C=O) groups excluding carboxylic acids is 1. The second-order valence-electron chi connectivity index (χ2n) is 6.59. The first-order valence-electron chi connectivity index (χ1n) is 8.41. The van der Waals surface area contributed by atoms with Crippen molar-refractivity contribution in [3.05, 3.63) is 69.2 Å². The van der Waals surface area contributed by atoms with Crippen LogP contribution in [0.3, 0.4) is 0 Å². The minimum Gasteiger partial charge on any atom is -0.461 e. The summed E-state index contributed by atoms with van der Waals surface area (Å²) >= 11 is 17.9. The van der Waals surface area contributed by atoms with Crippen molar-refractivity contribution in [2.75, 3.05) is 0 Å². The molecule has 2 unspecified atom stereocenters. The fourth-order valence-corrected chi connectivity index (χ4v) is 3.96. The molecular formula is C19H15Cl3F3NO3. The van der Waals surface area contributed by atoms with Crippen molar-refractivity contribution in [3.63, 3.8) is 0 Å². The van der Waals surface area contributed by atoms with Crippen LogP contribution < -0.4 is 0 Å². The van der Waals surface area contributed by atoms with Crippen LogP contribution in [0.2, 0.25) is 10.0 Å². The van der Waals surface area contributed by atoms with Crippen LogP contribution >= 0.6 is 35.0 Å². The third kappa shape index (κ3) is 4.64. The molecule has 1 aliphatic rings. The van der Waals surface area contributed by atoms with Crippen LogP contribution in [0.1, 0.15) is 36.1 Å². The third-order valence-electron chi connectivity index (χ3n) is 4.56. The zero-order valence-corrected chi connectivity index (χ0v) is 17.2. The van der Waals surface area contributed by atoms with Gasteiger partial charge in [0.05, 0.1) is 6.04 Å². The number of rotatable bonds is 4. The van der Waals surface area contributed by atoms with Crippen molar-refractivity contribution in [2.24, 2.45) is 0 Å². The molecule has 2 aromatic rings. The molecule has 1 fully saturated rings. The van der Waals surface area contributed by atoms with E-state index in [2.05, 4.69) is 0 Å². The first-order chi connectivity index (χ1) is 13.5. The Morgan fingerprint density at radius 3 is 2.31 bits per heavy atom. The number of hydrogen-bond donors (Lipinski definition) is 0. The molecule has 0 spiro atoms. The summed E-state index contributed by atoms with van der Waals surface area (Å²) in [5, 5.41) is 0.109. The van der Waals surface area contributed by atoms with Gasteiger partial charge in [-0.15, -0.1) is 0 Å². The van der Waals surface area contributed by atoms with Crippen molar-refractivity contribution < 1.29 is 27.5 Å². The lowest BCUT2D eigenvalue weighted by molar-refractivity contribution is -0.308. The molecule has 0 saturated carbocycles. The topological polar surface area (TPSA) is 38.8 Å². The Labute approximate surface area is 180 Å². The highest BCUT2D eigenvalue weighted by Gasteiger charge is 2.64. The fraction of sp³-hybridized carbons (Fsp3) is 0.316. The average molecular weight is 469 g/mol. The number of carbonyl (C=O) groups is 1. The number of hydroxylamine groups is 1. The minimum absolute atomic E-state index is 0.0547. The molecule has 2 aromatic carbocycles. The van der Waals surface area contributed by atoms with Crippen molar-refractivity contribution in [1.82, 2.24) is 4.58 Å². The largest absolute Gasteiger partial charge is 0.461 e. The van der Waals surface area contributed by atoms with Crippen LogP contribution in [0.5, 0.6) is 0 Å². The molecule has 1 heterocycles. The smallest absolute Gasteiger partial charge is 0.423 e. The number of benzene rings is 2. The maximum absolute atomic E-state index is 14.1. The number of nitrogens with zero attached hydrogens (tertiary/aromatic N) is 1. The van der Waals surface area contributed by atoms with Gasteiger partial charge < -0.3 is 4.74 Å². The quantitative estimate of drug-likeness (QED) is 0.387. The summed E-state index contributed by atoms with van der Waals surface area (Å²) in [4.78, 5) is 16.1. The molecule has 2 atom stereocenters. The molecule has 0 amide bonds. The first kappa shape index (κ1) is 22.2. The van der Waals surface area contributed by atoms with E-state index in [0.29, 0.717) is 15.7 Å². The summed E-state index contributed by atoms with van der Waals surface area (Å²) in [6.45, 7) is 1.35. The highest BCUT2D eigenvalue weighted by Crippen LogP contribution is 2.55. The number of halogens is 6. The molecule has 1 saturated heterocycles. The predicted molar refractivity (Wildman–Crippen MR) is 102 cm³/mol. The van der Waals surface area contributed by atoms with Gasteiger partial charge in [-0.05, 0) is 34.9 Å². The van der Waals surface area contributed by atoms with Crippen molar-refractivity contribution >= 4 is 40.9 Å². The summed E-state index contributed by atoms with van der Waals surface area (Å²) in [5.41, 5.74) is -1.75. The Morgan fingerprint density at radius 2 is 1.79 bits per heavy atom. The Bertz CT molecular complexity index is 888. The van der Waals surface area contributed by atoms with E-state index >= 15 is 0 Å². The van der Waals surface area contributed by atoms with Crippen LogP contribution in [0.15, 0.2) is 42.5 Å². The standard InChI is InChI=1S/C19H15Cl3F3NO3/c1-11(27)28-10-12-2-4-13(5-3-12)17-9-18(19(23,24)25,29-26(17)22)14-6-15(20)8-16(21)7-14/h2-8,17H,9-10H2,1H3. The minimum atomic E-state index is -4.78. The summed E-state index contributed by atoms with van der Waals surface area (Å²) in [7, 11) is 0. The van der Waals surface area contributed by atoms with Gasteiger partial charge in [0.25, 0.3) is 0 Å². The van der Waals surface area contributed by atoms with Crippen LogP contribution in [-0.2, 0) is 26.6 Å². The molecular weight excluding hydrogens is 454 g/mol. The van der Waals surface area contributed by atoms with Crippen molar-refractivity contribution in [1.29, 1.82) is 0 Å². The molecule has 0 N–H and O–H groups in total. The van der Waals surface area contributed by atoms with Crippen LogP contribution in [-0.4, -0.2) is 16.7 Å². The first-order valence-corrected chi connectivity index (χ1v) is 9.51. The van der Waals surface area contributed by atoms with E-state index in [9.17, 15) is 18.0 Å². The number of esters is 1. The van der Waals surface area contributed by atoms with Gasteiger partial charge in [-0.25, -0.2) is 0 Å². The van der Waals surface area contributed by atoms with Gasteiger partial charge in [-0.3, -0.25) is 9.63 Å². The monoisotopic (exact) mass is 467 g/mol. The Kier molecular flexibility index (Phi) is 6.36. The van der Waals surface area contributed by atoms with Gasteiger partial charge in [-0.1, -0.05) is 52.0 Å². The zero-order valence-electron chi connectivity index (χ0n) is 15.0. The summed E-state index contributed by atoms with van der Waals surface area (Å²) < 4.78 is 47.9. The molecule has 10 heteroatoms. The van der Waals surface area contributed by atoms with Gasteiger partial charge in [0, 0.05) is 35.2 Å². The summed E-state index contributed by atoms with van der Waals surface area (Å²) in [6.07, 6.45) is -5.28. The van der Waals surface area contributed by atoms with E-state index in [1.165, 1.54) is 13.0 Å². The molecule has 29 heavy (non-hydrogen) atoms. The molecule has 156 valence electrons. The lowest BCUT2D eigenvalue weighted by Gasteiger charge is -2.30. The summed E-state index contributed by atoms with van der Waals surface area (Å²) in [5.74, 6) is -0.430. The third-order valence-corrected chi connectivity index (χ3v) is 5.30. The van der Waals surface area contributed by atoms with E-state index in [0.717, 1.165) is 12.1 Å². The molecule has 3 rings (SSSR count). The van der Waals surface area contributed by atoms with Gasteiger partial charge in [0.2, 0.25) is 5.60 Å². The second kappa shape index (κ2) is 8.32. The predicted octanol–water partition coefficient (Wildman–Crippen LogP) is 6.35. The Hall–Kier alpha value is -1.51. The lowest BCUT2D eigenvalue weighted by Crippen LogP contribution is -2.42. The molecule has 1 aliphatic heterocycles. The number of hydrogen-bond acceptors (Lipinski definition) is 4. The summed E-state index contributed by atoms with van der Waals surface area (Å²) in [6, 6.07) is 9.29. The van der Waals surface area contributed by atoms with Gasteiger partial charge >= 0.3 is 12.1 Å². The highest BCUT2D eigenvalue weighted by atomic mass is 35.5. The lowest BCUT2D eigenvalue weighted by atomic mass is 9.85. The van der Waals surface area contributed by atoms with Gasteiger partial charge in [-0.2, -0.15) is 13.2 Å². The Balaban J connectivity index is 1.93. The van der Waals surface area contributed by atoms with Crippen molar-refractivity contribution in [3.8, 4) is 0 Å². The molecule has 0 bridgehead atoms. The maximum atomic E-state index is 14.1. The van der Waals surface area contributed by atoms with E-state index in [1.807, 2.05) is 0 Å². The average Bonchev–Trinajstić information content (AvgIpc) is 2.98. The van der Waals surface area contributed by atoms with E-state index in [4.69, 9.17) is 44.6 Å². The Morgan fingerprint density at radius 1 is 1.21 bits per heavy atom. The molecule has 4 nitrogen and oxygen atoms in total. The molecule has 0 radical (unpaired) electrons. The second-order valence-corrected chi connectivity index (χ2v) is 7.79. The maximum Gasteiger partial charge on any atom is 0.423 e. The van der Waals surface area contributed by atoms with E-state index in [1.54, 1.807) is 24.3 Å². The molecule has 0 aliphatic carbocycles. The number of alkyl halides is 3. The normalized spacial score (nSPS) is 22.7. The fourth-order valence-electron chi connectivity index (χ4n) is 3.14. The zero-order chi connectivity index (χ0) is 21.4. The number of ether oxygens (including phenoxy) is 1. The van der Waals surface area contributed by atoms with Crippen LogP contribution in [0.25, 0.3) is 0 Å².